The van der Waals surface area contributed by atoms with Crippen molar-refractivity contribution >= 4 is 0 Å². The summed E-state index contributed by atoms with van der Waals surface area (Å²) in [5.41, 5.74) is 8.30. The quantitative estimate of drug-likeness (QED) is 0.807. The third-order valence-electron chi connectivity index (χ3n) is 4.50. The van der Waals surface area contributed by atoms with E-state index in [1.807, 2.05) is 22.9 Å². The van der Waals surface area contributed by atoms with Gasteiger partial charge in [-0.25, -0.2) is 9.67 Å². The second kappa shape index (κ2) is 5.93. The Morgan fingerprint density at radius 3 is 2.74 bits per heavy atom. The molecule has 2 unspecified atom stereocenters. The van der Waals surface area contributed by atoms with Crippen LogP contribution in [0, 0.1) is 0 Å². The number of pyridine rings is 1. The van der Waals surface area contributed by atoms with E-state index in [9.17, 15) is 0 Å². The molecule has 5 heteroatoms. The summed E-state index contributed by atoms with van der Waals surface area (Å²) in [5, 5.41) is 4.70. The lowest BCUT2D eigenvalue weighted by molar-refractivity contribution is 0.372. The van der Waals surface area contributed by atoms with Gasteiger partial charge in [0.05, 0.1) is 0 Å². The van der Waals surface area contributed by atoms with Gasteiger partial charge in [0, 0.05) is 42.9 Å². The highest BCUT2D eigenvalue weighted by atomic mass is 15.4. The summed E-state index contributed by atoms with van der Waals surface area (Å²) >= 11 is 0. The van der Waals surface area contributed by atoms with Crippen LogP contribution in [-0.4, -0.2) is 26.3 Å². The van der Waals surface area contributed by atoms with Gasteiger partial charge in [0.25, 0.3) is 0 Å². The first kappa shape index (κ1) is 14.1. The lowest BCUT2D eigenvalue weighted by Crippen LogP contribution is -2.28. The van der Waals surface area contributed by atoms with E-state index in [0.717, 1.165) is 30.2 Å². The van der Waals surface area contributed by atoms with Crippen molar-refractivity contribution < 1.29 is 0 Å². The second-order valence-corrected chi connectivity index (χ2v) is 5.99. The zero-order valence-corrected chi connectivity index (χ0v) is 12.8. The van der Waals surface area contributed by atoms with Crippen LogP contribution in [0.4, 0.5) is 0 Å². The fourth-order valence-electron chi connectivity index (χ4n) is 3.31. The maximum absolute atomic E-state index is 6.01. The molecular formula is C18H19N5. The van der Waals surface area contributed by atoms with E-state index < -0.39 is 0 Å². The summed E-state index contributed by atoms with van der Waals surface area (Å²) in [6, 6.07) is 14.5. The van der Waals surface area contributed by atoms with E-state index in [1.54, 1.807) is 12.4 Å². The van der Waals surface area contributed by atoms with Gasteiger partial charge in [0.1, 0.15) is 5.82 Å². The van der Waals surface area contributed by atoms with E-state index in [-0.39, 0.29) is 5.92 Å². The third-order valence-corrected chi connectivity index (χ3v) is 4.50. The van der Waals surface area contributed by atoms with E-state index in [1.165, 1.54) is 5.56 Å². The van der Waals surface area contributed by atoms with Crippen molar-refractivity contribution in [2.45, 2.75) is 24.8 Å². The summed E-state index contributed by atoms with van der Waals surface area (Å²) in [5.74, 6) is 2.41. The Kier molecular flexibility index (Phi) is 3.63. The number of nitrogens with zero attached hydrogens (tertiary/aromatic N) is 4. The average molecular weight is 305 g/mol. The molecule has 1 aliphatic rings. The molecular weight excluding hydrogens is 286 g/mol. The Morgan fingerprint density at radius 2 is 2.00 bits per heavy atom. The summed E-state index contributed by atoms with van der Waals surface area (Å²) in [7, 11) is 0. The first-order valence-corrected chi connectivity index (χ1v) is 7.95. The lowest BCUT2D eigenvalue weighted by atomic mass is 9.85. The topological polar surface area (TPSA) is 69.6 Å². The van der Waals surface area contributed by atoms with Crippen LogP contribution in [0.3, 0.4) is 0 Å². The summed E-state index contributed by atoms with van der Waals surface area (Å²) < 4.78 is 2.03. The van der Waals surface area contributed by atoms with Gasteiger partial charge in [-0.15, -0.1) is 0 Å². The van der Waals surface area contributed by atoms with E-state index in [0.29, 0.717) is 12.5 Å². The molecule has 0 amide bonds. The second-order valence-electron chi connectivity index (χ2n) is 5.99. The molecule has 5 nitrogen and oxygen atoms in total. The van der Waals surface area contributed by atoms with Gasteiger partial charge in [-0.1, -0.05) is 30.3 Å². The number of benzene rings is 1. The Balaban J connectivity index is 1.70. The largest absolute Gasteiger partial charge is 0.330 e. The van der Waals surface area contributed by atoms with Crippen molar-refractivity contribution in [3.8, 4) is 11.4 Å². The number of aromatic nitrogens is 4. The normalized spacial score (nSPS) is 20.2. The Labute approximate surface area is 135 Å². The van der Waals surface area contributed by atoms with Crippen molar-refractivity contribution in [2.75, 3.05) is 6.54 Å². The Hall–Kier alpha value is -2.53. The van der Waals surface area contributed by atoms with Crippen LogP contribution in [0.2, 0.25) is 0 Å². The molecule has 0 spiro atoms. The van der Waals surface area contributed by atoms with Gasteiger partial charge >= 0.3 is 0 Å². The molecule has 0 bridgehead atoms. The van der Waals surface area contributed by atoms with Crippen molar-refractivity contribution in [1.29, 1.82) is 0 Å². The first-order chi connectivity index (χ1) is 11.3. The third kappa shape index (κ3) is 2.64. The molecule has 0 aliphatic carbocycles. The minimum Gasteiger partial charge on any atom is -0.330 e. The zero-order valence-electron chi connectivity index (χ0n) is 12.8. The molecule has 4 rings (SSSR count). The molecule has 2 atom stereocenters. The molecule has 116 valence electrons. The van der Waals surface area contributed by atoms with Crippen LogP contribution in [-0.2, 0) is 6.54 Å². The van der Waals surface area contributed by atoms with Crippen molar-refractivity contribution in [2.24, 2.45) is 5.73 Å². The number of fused-ring (bicyclic) bond motifs is 1. The van der Waals surface area contributed by atoms with Gasteiger partial charge in [-0.05, 0) is 24.1 Å². The van der Waals surface area contributed by atoms with Crippen molar-refractivity contribution in [3.63, 3.8) is 0 Å². The molecule has 1 aromatic carbocycles. The van der Waals surface area contributed by atoms with Crippen LogP contribution in [0.15, 0.2) is 54.9 Å². The van der Waals surface area contributed by atoms with Crippen LogP contribution < -0.4 is 5.73 Å². The van der Waals surface area contributed by atoms with Crippen LogP contribution in [0.5, 0.6) is 0 Å². The predicted octanol–water partition coefficient (Wildman–Crippen LogP) is 2.57. The molecule has 2 aromatic heterocycles. The highest BCUT2D eigenvalue weighted by Gasteiger charge is 2.30. The number of hydrogen-bond donors (Lipinski definition) is 1. The predicted molar refractivity (Wildman–Crippen MR) is 88.8 cm³/mol. The maximum Gasteiger partial charge on any atom is 0.182 e. The van der Waals surface area contributed by atoms with Crippen molar-refractivity contribution in [3.05, 3.63) is 66.2 Å². The van der Waals surface area contributed by atoms with Crippen LogP contribution in [0.25, 0.3) is 11.4 Å². The molecule has 23 heavy (non-hydrogen) atoms. The molecule has 3 heterocycles. The lowest BCUT2D eigenvalue weighted by Gasteiger charge is -2.28. The van der Waals surface area contributed by atoms with E-state index >= 15 is 0 Å². The Bertz CT molecular complexity index is 782. The van der Waals surface area contributed by atoms with Gasteiger partial charge < -0.3 is 5.73 Å². The number of nitrogens with two attached hydrogens (primary N) is 1. The molecule has 0 saturated carbocycles. The van der Waals surface area contributed by atoms with Crippen molar-refractivity contribution in [1.82, 2.24) is 19.7 Å². The molecule has 3 aromatic rings. The summed E-state index contributed by atoms with van der Waals surface area (Å²) in [6.45, 7) is 1.44. The van der Waals surface area contributed by atoms with Gasteiger partial charge in [-0.3, -0.25) is 4.98 Å². The van der Waals surface area contributed by atoms with Crippen LogP contribution in [0.1, 0.15) is 29.6 Å². The SMILES string of the molecule is NCC1CC(c2ccccc2)Cn2nc(-c3cccnc3)nc21. The molecule has 0 saturated heterocycles. The average Bonchev–Trinajstić information content (AvgIpc) is 3.06. The van der Waals surface area contributed by atoms with Gasteiger partial charge in [-0.2, -0.15) is 5.10 Å². The highest BCUT2D eigenvalue weighted by Crippen LogP contribution is 2.35. The minimum absolute atomic E-state index is 0.242. The first-order valence-electron chi connectivity index (χ1n) is 7.95. The van der Waals surface area contributed by atoms with E-state index in [4.69, 9.17) is 15.8 Å². The van der Waals surface area contributed by atoms with Crippen LogP contribution >= 0.6 is 0 Å². The molecule has 0 fully saturated rings. The molecule has 1 aliphatic heterocycles. The standard InChI is InChI=1S/C18H19N5/c19-10-15-9-16(13-5-2-1-3-6-13)12-23-18(15)21-17(22-23)14-7-4-8-20-11-14/h1-8,11,15-16H,9-10,12,19H2. The smallest absolute Gasteiger partial charge is 0.182 e. The van der Waals surface area contributed by atoms with Gasteiger partial charge in [0.15, 0.2) is 5.82 Å². The van der Waals surface area contributed by atoms with Gasteiger partial charge in [0.2, 0.25) is 0 Å². The Morgan fingerprint density at radius 1 is 1.13 bits per heavy atom. The highest BCUT2D eigenvalue weighted by molar-refractivity contribution is 5.52. The fourth-order valence-corrected chi connectivity index (χ4v) is 3.31. The minimum atomic E-state index is 0.242. The molecule has 0 radical (unpaired) electrons. The summed E-state index contributed by atoms with van der Waals surface area (Å²) in [4.78, 5) is 8.89. The molecule has 2 N–H and O–H groups in total. The van der Waals surface area contributed by atoms with E-state index in [2.05, 4.69) is 29.2 Å². The number of rotatable bonds is 3. The fraction of sp³-hybridized carbons (Fsp3) is 0.278. The maximum atomic E-state index is 6.01. The summed E-state index contributed by atoms with van der Waals surface area (Å²) in [6.07, 6.45) is 4.58. The number of hydrogen-bond acceptors (Lipinski definition) is 4. The zero-order chi connectivity index (χ0) is 15.6. The monoisotopic (exact) mass is 305 g/mol.